The minimum atomic E-state index is -4.61. The largest absolute Gasteiger partial charge is 0.494 e. The zero-order valence-corrected chi connectivity index (χ0v) is 21.9. The van der Waals surface area contributed by atoms with Crippen molar-refractivity contribution in [3.63, 3.8) is 0 Å². The molecule has 1 saturated heterocycles. The number of nitrogens with one attached hydrogen (secondary N) is 2. The van der Waals surface area contributed by atoms with Gasteiger partial charge in [0.25, 0.3) is 5.91 Å². The Hall–Kier alpha value is -4.32. The Morgan fingerprint density at radius 2 is 2.02 bits per heavy atom. The van der Waals surface area contributed by atoms with Crippen LogP contribution in [0.15, 0.2) is 60.8 Å². The number of ether oxygens (including phenoxy) is 2. The summed E-state index contributed by atoms with van der Waals surface area (Å²) < 4.78 is 66.4. The molecule has 8 nitrogen and oxygen atoms in total. The number of alkyl halides is 3. The molecule has 12 heteroatoms. The van der Waals surface area contributed by atoms with Gasteiger partial charge in [-0.25, -0.2) is 14.4 Å². The van der Waals surface area contributed by atoms with Crippen molar-refractivity contribution in [2.24, 2.45) is 5.92 Å². The lowest BCUT2D eigenvalue weighted by Gasteiger charge is -2.22. The predicted molar refractivity (Wildman–Crippen MR) is 142 cm³/mol. The van der Waals surface area contributed by atoms with E-state index in [0.717, 1.165) is 31.9 Å². The van der Waals surface area contributed by atoms with Crippen molar-refractivity contribution in [3.05, 3.63) is 89.4 Å². The van der Waals surface area contributed by atoms with Crippen molar-refractivity contribution in [1.29, 1.82) is 0 Å². The second kappa shape index (κ2) is 12.5. The fourth-order valence-corrected chi connectivity index (χ4v) is 4.63. The number of aromatic nitrogens is 4. The monoisotopic (exact) mass is 569 g/mol. The molecule has 1 aliphatic heterocycles. The minimum absolute atomic E-state index is 0.0146. The van der Waals surface area contributed by atoms with Gasteiger partial charge in [-0.3, -0.25) is 9.89 Å². The average molecular weight is 570 g/mol. The zero-order chi connectivity index (χ0) is 28.8. The summed E-state index contributed by atoms with van der Waals surface area (Å²) in [4.78, 5) is 20.9. The molecule has 3 heterocycles. The normalized spacial score (nSPS) is 15.5. The molecule has 1 atom stereocenters. The third-order valence-electron chi connectivity index (χ3n) is 6.65. The van der Waals surface area contributed by atoms with Gasteiger partial charge >= 0.3 is 6.18 Å². The van der Waals surface area contributed by atoms with Crippen LogP contribution in [0.3, 0.4) is 0 Å². The number of carbonyl (C=O) groups is 1. The summed E-state index contributed by atoms with van der Waals surface area (Å²) in [6.07, 6.45) is -0.324. The van der Waals surface area contributed by atoms with E-state index in [4.69, 9.17) is 9.47 Å². The van der Waals surface area contributed by atoms with E-state index in [9.17, 15) is 22.4 Å². The predicted octanol–water partition coefficient (Wildman–Crippen LogP) is 6.06. The minimum Gasteiger partial charge on any atom is -0.494 e. The summed E-state index contributed by atoms with van der Waals surface area (Å²) in [6, 6.07) is 12.3. The third-order valence-corrected chi connectivity index (χ3v) is 6.65. The number of nitrogens with zero attached hydrogens (tertiary/aromatic N) is 3. The highest BCUT2D eigenvalue weighted by molar-refractivity contribution is 6.01. The summed E-state index contributed by atoms with van der Waals surface area (Å²) in [5.41, 5.74) is -0.123. The average Bonchev–Trinajstić information content (AvgIpc) is 3.42. The smallest absolute Gasteiger partial charge is 0.417 e. The van der Waals surface area contributed by atoms with Crippen LogP contribution in [-0.4, -0.2) is 45.9 Å². The Kier molecular flexibility index (Phi) is 8.58. The fraction of sp³-hybridized carbons (Fsp3) is 0.310. The summed E-state index contributed by atoms with van der Waals surface area (Å²) >= 11 is 0. The number of anilines is 1. The van der Waals surface area contributed by atoms with Crippen molar-refractivity contribution in [2.75, 3.05) is 25.1 Å². The van der Waals surface area contributed by atoms with E-state index in [1.807, 2.05) is 0 Å². The highest BCUT2D eigenvalue weighted by Crippen LogP contribution is 2.39. The van der Waals surface area contributed by atoms with Crippen LogP contribution in [0.5, 0.6) is 5.75 Å². The number of aromatic amines is 1. The second-order valence-corrected chi connectivity index (χ2v) is 9.72. The van der Waals surface area contributed by atoms with Crippen LogP contribution < -0.4 is 10.1 Å². The Morgan fingerprint density at radius 3 is 2.80 bits per heavy atom. The van der Waals surface area contributed by atoms with Crippen LogP contribution in [0.2, 0.25) is 0 Å². The number of hydrogen-bond acceptors (Lipinski definition) is 6. The molecule has 0 spiro atoms. The van der Waals surface area contributed by atoms with Crippen LogP contribution in [0.25, 0.3) is 11.1 Å². The van der Waals surface area contributed by atoms with Crippen molar-refractivity contribution in [1.82, 2.24) is 20.2 Å². The molecule has 5 rings (SSSR count). The molecule has 1 fully saturated rings. The van der Waals surface area contributed by atoms with Gasteiger partial charge < -0.3 is 14.8 Å². The van der Waals surface area contributed by atoms with Gasteiger partial charge in [0.1, 0.15) is 23.2 Å². The topological polar surface area (TPSA) is 102 Å². The summed E-state index contributed by atoms with van der Waals surface area (Å²) in [5.74, 6) is -0.282. The first-order valence-electron chi connectivity index (χ1n) is 13.1. The Morgan fingerprint density at radius 1 is 1.15 bits per heavy atom. The Labute approximate surface area is 233 Å². The molecular formula is C29H27F4N5O3. The van der Waals surface area contributed by atoms with Gasteiger partial charge in [0, 0.05) is 25.8 Å². The number of pyridine rings is 1. The molecule has 0 radical (unpaired) electrons. The van der Waals surface area contributed by atoms with Crippen LogP contribution in [0, 0.1) is 11.7 Å². The van der Waals surface area contributed by atoms with Gasteiger partial charge in [-0.05, 0) is 84.3 Å². The molecule has 0 aliphatic carbocycles. The standard InChI is InChI=1S/C29H27F4N5O3/c30-21-5-1-3-19(13-21)14-26-35-27(38-37-26)28(39)36-25-15-20(8-10-34-25)23-16-22(6-7-24(23)29(31,32)33)41-12-9-18-4-2-11-40-17-18/h1,3,5-8,10,13,15-16,18H,2,4,9,11-12,14,17H2,(H,34,36,39)(H,35,37,38). The van der Waals surface area contributed by atoms with Crippen LogP contribution in [-0.2, 0) is 17.3 Å². The zero-order valence-electron chi connectivity index (χ0n) is 21.9. The maximum Gasteiger partial charge on any atom is 0.417 e. The number of amides is 1. The number of halogens is 4. The quantitative estimate of drug-likeness (QED) is 0.238. The van der Waals surface area contributed by atoms with E-state index in [0.29, 0.717) is 36.3 Å². The van der Waals surface area contributed by atoms with Gasteiger partial charge in [-0.2, -0.15) is 13.2 Å². The summed E-state index contributed by atoms with van der Waals surface area (Å²) in [5, 5.41) is 9.04. The maximum absolute atomic E-state index is 13.9. The van der Waals surface area contributed by atoms with E-state index in [1.54, 1.807) is 12.1 Å². The SMILES string of the molecule is O=C(Nc1cc(-c2cc(OCCC3CCCOC3)ccc2C(F)(F)F)ccn1)c1n[nH]c(Cc2cccc(F)c2)n1. The fourth-order valence-electron chi connectivity index (χ4n) is 4.63. The second-order valence-electron chi connectivity index (χ2n) is 9.72. The summed E-state index contributed by atoms with van der Waals surface area (Å²) in [7, 11) is 0. The Balaban J connectivity index is 1.30. The number of H-pyrrole nitrogens is 1. The molecular weight excluding hydrogens is 542 g/mol. The molecule has 2 aromatic heterocycles. The summed E-state index contributed by atoms with van der Waals surface area (Å²) in [6.45, 7) is 1.77. The number of carbonyl (C=O) groups excluding carboxylic acids is 1. The van der Waals surface area contributed by atoms with Gasteiger partial charge in [-0.1, -0.05) is 12.1 Å². The molecule has 0 bridgehead atoms. The van der Waals surface area contributed by atoms with Crippen LogP contribution in [0.1, 0.15) is 46.8 Å². The maximum atomic E-state index is 13.9. The molecule has 2 N–H and O–H groups in total. The first-order valence-corrected chi connectivity index (χ1v) is 13.1. The van der Waals surface area contributed by atoms with Gasteiger partial charge in [0.05, 0.1) is 12.2 Å². The van der Waals surface area contributed by atoms with Crippen molar-refractivity contribution in [2.45, 2.75) is 31.9 Å². The van der Waals surface area contributed by atoms with Gasteiger partial charge in [-0.15, -0.1) is 5.10 Å². The van der Waals surface area contributed by atoms with Crippen molar-refractivity contribution >= 4 is 11.7 Å². The first-order chi connectivity index (χ1) is 19.7. The van der Waals surface area contributed by atoms with Crippen molar-refractivity contribution < 1.29 is 31.8 Å². The molecule has 1 aliphatic rings. The molecule has 0 saturated carbocycles. The number of hydrogen-bond donors (Lipinski definition) is 2. The van der Waals surface area contributed by atoms with Gasteiger partial charge in [0.15, 0.2) is 0 Å². The highest BCUT2D eigenvalue weighted by atomic mass is 19.4. The Bertz CT molecular complexity index is 1500. The molecule has 4 aromatic rings. The number of rotatable bonds is 9. The van der Waals surface area contributed by atoms with Crippen LogP contribution >= 0.6 is 0 Å². The lowest BCUT2D eigenvalue weighted by molar-refractivity contribution is -0.137. The molecule has 41 heavy (non-hydrogen) atoms. The highest BCUT2D eigenvalue weighted by Gasteiger charge is 2.34. The van der Waals surface area contributed by atoms with E-state index in [1.165, 1.54) is 42.6 Å². The van der Waals surface area contributed by atoms with E-state index in [-0.39, 0.29) is 29.2 Å². The van der Waals surface area contributed by atoms with Gasteiger partial charge in [0.2, 0.25) is 5.82 Å². The molecule has 1 unspecified atom stereocenters. The molecule has 1 amide bonds. The number of benzene rings is 2. The lowest BCUT2D eigenvalue weighted by atomic mass is 9.99. The molecule has 214 valence electrons. The van der Waals surface area contributed by atoms with E-state index in [2.05, 4.69) is 25.5 Å². The lowest BCUT2D eigenvalue weighted by Crippen LogP contribution is -2.19. The first kappa shape index (κ1) is 28.2. The third kappa shape index (κ3) is 7.46. The molecule has 2 aromatic carbocycles. The van der Waals surface area contributed by atoms with E-state index < -0.39 is 23.5 Å². The van der Waals surface area contributed by atoms with Crippen molar-refractivity contribution in [3.8, 4) is 16.9 Å². The van der Waals surface area contributed by atoms with Crippen LogP contribution in [0.4, 0.5) is 23.4 Å². The van der Waals surface area contributed by atoms with E-state index >= 15 is 0 Å².